The largest absolute Gasteiger partial charge is 0.393 e. The SMILES string of the molecule is CC(C)[C@@H](C)/C=C/[C@@H](C)[C@H]1CCC2C3CC=C4C[C@@H](O)C[C@H](O)[C@]4(C)C3[C@H](O)C[C@@]21C. The van der Waals surface area contributed by atoms with Crippen molar-refractivity contribution in [3.8, 4) is 0 Å². The second-order valence-electron chi connectivity index (χ2n) is 12.5. The third-order valence-corrected chi connectivity index (χ3v) is 10.6. The summed E-state index contributed by atoms with van der Waals surface area (Å²) in [6, 6.07) is 0. The monoisotopic (exact) mass is 430 g/mol. The Morgan fingerprint density at radius 1 is 1.03 bits per heavy atom. The third kappa shape index (κ3) is 3.67. The summed E-state index contributed by atoms with van der Waals surface area (Å²) < 4.78 is 0. The van der Waals surface area contributed by atoms with Crippen LogP contribution in [0.25, 0.3) is 0 Å². The molecule has 31 heavy (non-hydrogen) atoms. The lowest BCUT2D eigenvalue weighted by molar-refractivity contribution is -0.158. The highest BCUT2D eigenvalue weighted by atomic mass is 16.3. The average Bonchev–Trinajstić information content (AvgIpc) is 3.03. The summed E-state index contributed by atoms with van der Waals surface area (Å²) in [6.07, 6.45) is 11.2. The third-order valence-electron chi connectivity index (χ3n) is 10.6. The van der Waals surface area contributed by atoms with Crippen LogP contribution >= 0.6 is 0 Å². The van der Waals surface area contributed by atoms with Gasteiger partial charge >= 0.3 is 0 Å². The van der Waals surface area contributed by atoms with Crippen molar-refractivity contribution in [1.82, 2.24) is 0 Å². The van der Waals surface area contributed by atoms with E-state index in [2.05, 4.69) is 59.8 Å². The Kier molecular flexibility index (Phi) is 6.29. The van der Waals surface area contributed by atoms with Crippen molar-refractivity contribution < 1.29 is 15.3 Å². The van der Waals surface area contributed by atoms with Gasteiger partial charge in [0.05, 0.1) is 18.3 Å². The highest BCUT2D eigenvalue weighted by Gasteiger charge is 2.63. The van der Waals surface area contributed by atoms with E-state index in [4.69, 9.17) is 0 Å². The fourth-order valence-electron chi connectivity index (χ4n) is 8.43. The van der Waals surface area contributed by atoms with Gasteiger partial charge in [-0.05, 0) is 78.9 Å². The van der Waals surface area contributed by atoms with Crippen LogP contribution in [0.4, 0.5) is 0 Å². The fraction of sp³-hybridized carbons (Fsp3) is 0.857. The smallest absolute Gasteiger partial charge is 0.0659 e. The van der Waals surface area contributed by atoms with Crippen molar-refractivity contribution in [2.45, 2.75) is 98.4 Å². The molecule has 176 valence electrons. The lowest BCUT2D eigenvalue weighted by Gasteiger charge is -2.61. The summed E-state index contributed by atoms with van der Waals surface area (Å²) in [4.78, 5) is 0. The van der Waals surface area contributed by atoms with Crippen LogP contribution in [0.2, 0.25) is 0 Å². The van der Waals surface area contributed by atoms with Gasteiger partial charge in [-0.3, -0.25) is 0 Å². The summed E-state index contributed by atoms with van der Waals surface area (Å²) in [7, 11) is 0. The van der Waals surface area contributed by atoms with E-state index in [-0.39, 0.29) is 22.9 Å². The molecular weight excluding hydrogens is 384 g/mol. The van der Waals surface area contributed by atoms with Crippen molar-refractivity contribution >= 4 is 0 Å². The van der Waals surface area contributed by atoms with Crippen molar-refractivity contribution in [1.29, 1.82) is 0 Å². The van der Waals surface area contributed by atoms with Crippen LogP contribution in [0.15, 0.2) is 23.8 Å². The van der Waals surface area contributed by atoms with Gasteiger partial charge in [-0.15, -0.1) is 0 Å². The van der Waals surface area contributed by atoms with Gasteiger partial charge in [-0.1, -0.05) is 65.3 Å². The average molecular weight is 431 g/mol. The van der Waals surface area contributed by atoms with Gasteiger partial charge in [-0.2, -0.15) is 0 Å². The molecule has 0 spiro atoms. The first-order chi connectivity index (χ1) is 14.5. The minimum atomic E-state index is -0.564. The first-order valence-electron chi connectivity index (χ1n) is 12.9. The molecular formula is C28H46O3. The summed E-state index contributed by atoms with van der Waals surface area (Å²) in [5.41, 5.74) is 0.960. The molecule has 4 aliphatic carbocycles. The van der Waals surface area contributed by atoms with Gasteiger partial charge in [0.1, 0.15) is 0 Å². The van der Waals surface area contributed by atoms with Crippen LogP contribution in [0.5, 0.6) is 0 Å². The Balaban J connectivity index is 1.60. The summed E-state index contributed by atoms with van der Waals surface area (Å²) in [6.45, 7) is 13.9. The van der Waals surface area contributed by atoms with Crippen molar-refractivity contribution in [3.05, 3.63) is 23.8 Å². The molecule has 0 aromatic carbocycles. The molecule has 11 atom stereocenters. The number of aliphatic hydroxyl groups is 3. The van der Waals surface area contributed by atoms with E-state index in [1.807, 2.05) is 0 Å². The highest BCUT2D eigenvalue weighted by molar-refractivity contribution is 5.29. The molecule has 0 amide bonds. The zero-order chi connectivity index (χ0) is 22.7. The van der Waals surface area contributed by atoms with Crippen molar-refractivity contribution in [2.24, 2.45) is 52.3 Å². The molecule has 3 saturated carbocycles. The molecule has 3 heteroatoms. The summed E-state index contributed by atoms with van der Waals surface area (Å²) in [5, 5.41) is 32.9. The number of allylic oxidation sites excluding steroid dienone is 3. The molecule has 0 aliphatic heterocycles. The maximum absolute atomic E-state index is 11.6. The van der Waals surface area contributed by atoms with E-state index in [0.29, 0.717) is 48.3 Å². The molecule has 3 nitrogen and oxygen atoms in total. The first-order valence-corrected chi connectivity index (χ1v) is 12.9. The van der Waals surface area contributed by atoms with E-state index in [1.54, 1.807) is 0 Å². The van der Waals surface area contributed by atoms with Crippen molar-refractivity contribution in [2.75, 3.05) is 0 Å². The zero-order valence-corrected chi connectivity index (χ0v) is 20.6. The molecule has 0 bridgehead atoms. The van der Waals surface area contributed by atoms with Crippen LogP contribution in [-0.4, -0.2) is 33.6 Å². The molecule has 3 N–H and O–H groups in total. The zero-order valence-electron chi connectivity index (χ0n) is 20.6. The molecule has 3 unspecified atom stereocenters. The maximum atomic E-state index is 11.6. The van der Waals surface area contributed by atoms with Crippen LogP contribution < -0.4 is 0 Å². The van der Waals surface area contributed by atoms with E-state index in [0.717, 1.165) is 12.8 Å². The lowest BCUT2D eigenvalue weighted by atomic mass is 9.45. The van der Waals surface area contributed by atoms with Gasteiger partial charge < -0.3 is 15.3 Å². The summed E-state index contributed by atoms with van der Waals surface area (Å²) >= 11 is 0. The molecule has 4 rings (SSSR count). The van der Waals surface area contributed by atoms with E-state index >= 15 is 0 Å². The van der Waals surface area contributed by atoms with E-state index in [1.165, 1.54) is 18.4 Å². The molecule has 0 radical (unpaired) electrons. The Labute approximate surface area is 190 Å². The Morgan fingerprint density at radius 2 is 1.74 bits per heavy atom. The van der Waals surface area contributed by atoms with Gasteiger partial charge in [0, 0.05) is 11.8 Å². The minimum absolute atomic E-state index is 0.110. The molecule has 0 aromatic rings. The van der Waals surface area contributed by atoms with E-state index in [9.17, 15) is 15.3 Å². The normalized spacial score (nSPS) is 49.4. The van der Waals surface area contributed by atoms with Gasteiger partial charge in [0.25, 0.3) is 0 Å². The lowest BCUT2D eigenvalue weighted by Crippen LogP contribution is -2.60. The van der Waals surface area contributed by atoms with Crippen LogP contribution in [-0.2, 0) is 0 Å². The fourth-order valence-corrected chi connectivity index (χ4v) is 8.43. The number of rotatable bonds is 4. The van der Waals surface area contributed by atoms with Crippen LogP contribution in [0, 0.1) is 52.3 Å². The topological polar surface area (TPSA) is 60.7 Å². The Hall–Kier alpha value is -0.640. The number of aliphatic hydroxyl groups excluding tert-OH is 3. The highest BCUT2D eigenvalue weighted by Crippen LogP contribution is 2.67. The molecule has 0 aromatic heterocycles. The van der Waals surface area contributed by atoms with Gasteiger partial charge in [-0.25, -0.2) is 0 Å². The second-order valence-corrected chi connectivity index (χ2v) is 12.5. The molecule has 4 aliphatic rings. The van der Waals surface area contributed by atoms with Crippen molar-refractivity contribution in [3.63, 3.8) is 0 Å². The number of hydrogen-bond donors (Lipinski definition) is 3. The first kappa shape index (κ1) is 23.5. The molecule has 3 fully saturated rings. The Bertz CT molecular complexity index is 726. The standard InChI is InChI=1S/C28H46O3/c1-16(2)17(3)7-8-18(4)22-11-12-23-21-10-9-19-13-20(29)14-25(31)28(19,6)26(21)24(30)15-27(22,23)5/h7-9,16-18,20-26,29-31H,10-15H2,1-6H3/b8-7+/t17-,18+,20+,21?,22+,23?,24+,25-,26?,27+,28+/m0/s1. The second kappa shape index (κ2) is 8.29. The van der Waals surface area contributed by atoms with Crippen LogP contribution in [0.3, 0.4) is 0 Å². The number of hydrogen-bond acceptors (Lipinski definition) is 3. The predicted molar refractivity (Wildman–Crippen MR) is 126 cm³/mol. The van der Waals surface area contributed by atoms with E-state index < -0.39 is 12.2 Å². The van der Waals surface area contributed by atoms with Gasteiger partial charge in [0.15, 0.2) is 0 Å². The minimum Gasteiger partial charge on any atom is -0.393 e. The molecule has 0 saturated heterocycles. The van der Waals surface area contributed by atoms with Gasteiger partial charge in [0.2, 0.25) is 0 Å². The summed E-state index contributed by atoms with van der Waals surface area (Å²) in [5.74, 6) is 3.55. The van der Waals surface area contributed by atoms with Crippen LogP contribution in [0.1, 0.15) is 80.1 Å². The Morgan fingerprint density at radius 3 is 2.42 bits per heavy atom. The quantitative estimate of drug-likeness (QED) is 0.527. The number of fused-ring (bicyclic) bond motifs is 5. The maximum Gasteiger partial charge on any atom is 0.0659 e. The predicted octanol–water partition coefficient (Wildman–Crippen LogP) is 5.35. The molecule has 0 heterocycles.